The first-order valence-electron chi connectivity index (χ1n) is 6.09. The van der Waals surface area contributed by atoms with Crippen LogP contribution in [0.4, 0.5) is 0 Å². The third-order valence-electron chi connectivity index (χ3n) is 2.99. The molecule has 0 aliphatic rings. The van der Waals surface area contributed by atoms with Crippen molar-refractivity contribution < 1.29 is 5.11 Å². The number of benzene rings is 1. The fraction of sp³-hybridized carbons (Fsp3) is 0.143. The first-order valence-corrected chi connectivity index (χ1v) is 6.09. The van der Waals surface area contributed by atoms with Crippen LogP contribution in [0.1, 0.15) is 5.69 Å². The summed E-state index contributed by atoms with van der Waals surface area (Å²) in [5.41, 5.74) is 8.98. The van der Waals surface area contributed by atoms with Crippen LogP contribution in [-0.4, -0.2) is 26.6 Å². The van der Waals surface area contributed by atoms with E-state index in [9.17, 15) is 5.11 Å². The number of fused-ring (bicyclic) bond motifs is 1. The number of nitrogens with two attached hydrogens (primary N) is 1. The van der Waals surface area contributed by atoms with Gasteiger partial charge in [0.15, 0.2) is 0 Å². The first kappa shape index (κ1) is 11.7. The molecule has 2 heterocycles. The van der Waals surface area contributed by atoms with Gasteiger partial charge in [0.05, 0.1) is 17.6 Å². The minimum Gasteiger partial charge on any atom is -0.508 e. The van der Waals surface area contributed by atoms with Crippen molar-refractivity contribution in [2.75, 3.05) is 6.54 Å². The number of phenols is 1. The van der Waals surface area contributed by atoms with Gasteiger partial charge in [0.25, 0.3) is 0 Å². The van der Waals surface area contributed by atoms with Crippen LogP contribution in [0.15, 0.2) is 36.7 Å². The molecule has 0 radical (unpaired) electrons. The van der Waals surface area contributed by atoms with Crippen molar-refractivity contribution in [2.45, 2.75) is 6.42 Å². The fourth-order valence-electron chi connectivity index (χ4n) is 2.03. The van der Waals surface area contributed by atoms with E-state index < -0.39 is 0 Å². The Hall–Kier alpha value is -2.40. The number of aromatic nitrogens is 3. The van der Waals surface area contributed by atoms with Crippen LogP contribution in [0.3, 0.4) is 0 Å². The van der Waals surface area contributed by atoms with Gasteiger partial charge in [-0.3, -0.25) is 9.97 Å². The molecule has 0 saturated carbocycles. The summed E-state index contributed by atoms with van der Waals surface area (Å²) in [6.45, 7) is 0.569. The van der Waals surface area contributed by atoms with Gasteiger partial charge in [-0.25, -0.2) is 0 Å². The van der Waals surface area contributed by atoms with Crippen molar-refractivity contribution in [1.29, 1.82) is 0 Å². The zero-order valence-corrected chi connectivity index (χ0v) is 10.3. The van der Waals surface area contributed by atoms with Crippen LogP contribution in [0, 0.1) is 0 Å². The molecule has 0 unspecified atom stereocenters. The number of nitrogens with one attached hydrogen (secondary N) is 1. The summed E-state index contributed by atoms with van der Waals surface area (Å²) < 4.78 is 0. The molecule has 0 bridgehead atoms. The largest absolute Gasteiger partial charge is 0.508 e. The Labute approximate surface area is 110 Å². The second kappa shape index (κ2) is 4.70. The molecule has 0 atom stereocenters. The topological polar surface area (TPSA) is 87.8 Å². The van der Waals surface area contributed by atoms with Crippen molar-refractivity contribution in [3.63, 3.8) is 0 Å². The first-order chi connectivity index (χ1) is 9.26. The summed E-state index contributed by atoms with van der Waals surface area (Å²) >= 11 is 0. The average Bonchev–Trinajstić information content (AvgIpc) is 2.83. The molecule has 0 amide bonds. The highest BCUT2D eigenvalue weighted by atomic mass is 16.3. The van der Waals surface area contributed by atoms with Crippen LogP contribution >= 0.6 is 0 Å². The van der Waals surface area contributed by atoms with Gasteiger partial charge in [-0.1, -0.05) is 0 Å². The Kier molecular flexibility index (Phi) is 2.89. The maximum atomic E-state index is 9.45. The van der Waals surface area contributed by atoms with E-state index in [-0.39, 0.29) is 5.75 Å². The minimum atomic E-state index is 0.252. The van der Waals surface area contributed by atoms with E-state index in [1.165, 1.54) is 0 Å². The lowest BCUT2D eigenvalue weighted by Gasteiger charge is -1.99. The highest BCUT2D eigenvalue weighted by Gasteiger charge is 2.06. The van der Waals surface area contributed by atoms with Gasteiger partial charge in [0.1, 0.15) is 11.4 Å². The van der Waals surface area contributed by atoms with Crippen molar-refractivity contribution in [1.82, 2.24) is 15.0 Å². The van der Waals surface area contributed by atoms with E-state index >= 15 is 0 Å². The van der Waals surface area contributed by atoms with Crippen molar-refractivity contribution in [3.8, 4) is 17.1 Å². The summed E-state index contributed by atoms with van der Waals surface area (Å²) in [4.78, 5) is 11.9. The Bertz CT molecular complexity index is 703. The van der Waals surface area contributed by atoms with Gasteiger partial charge >= 0.3 is 0 Å². The van der Waals surface area contributed by atoms with Crippen LogP contribution in [0.2, 0.25) is 0 Å². The lowest BCUT2D eigenvalue weighted by atomic mass is 10.2. The quantitative estimate of drug-likeness (QED) is 0.665. The van der Waals surface area contributed by atoms with Gasteiger partial charge in [0, 0.05) is 23.5 Å². The van der Waals surface area contributed by atoms with Crippen LogP contribution < -0.4 is 5.73 Å². The van der Waals surface area contributed by atoms with Gasteiger partial charge in [-0.05, 0) is 30.8 Å². The normalized spacial score (nSPS) is 11.0. The smallest absolute Gasteiger partial charge is 0.116 e. The second-order valence-corrected chi connectivity index (χ2v) is 4.39. The van der Waals surface area contributed by atoms with Gasteiger partial charge < -0.3 is 15.8 Å². The molecule has 0 spiro atoms. The van der Waals surface area contributed by atoms with Crippen LogP contribution in [0.5, 0.6) is 5.75 Å². The number of phenolic OH excluding ortho intramolecular Hbond substituents is 1. The average molecular weight is 254 g/mol. The SMILES string of the molecule is NCCc1cnc(-c2cc3cc(O)ccc3[nH]2)cn1. The Morgan fingerprint density at radius 1 is 1.16 bits per heavy atom. The summed E-state index contributed by atoms with van der Waals surface area (Å²) in [5, 5.41) is 10.4. The van der Waals surface area contributed by atoms with E-state index in [0.717, 1.165) is 34.4 Å². The molecular formula is C14H14N4O. The molecule has 3 rings (SSSR count). The molecule has 2 aromatic heterocycles. The molecule has 5 nitrogen and oxygen atoms in total. The van der Waals surface area contributed by atoms with E-state index in [1.807, 2.05) is 12.1 Å². The standard InChI is InChI=1S/C14H14N4O/c15-4-3-10-7-17-14(8-16-10)13-6-9-5-11(19)1-2-12(9)18-13/h1-2,5-8,18-19H,3-4,15H2. The number of hydrogen-bond acceptors (Lipinski definition) is 4. The van der Waals surface area contributed by atoms with Gasteiger partial charge in [-0.15, -0.1) is 0 Å². The third-order valence-corrected chi connectivity index (χ3v) is 2.99. The molecule has 0 aliphatic heterocycles. The van der Waals surface area contributed by atoms with E-state index in [0.29, 0.717) is 6.54 Å². The zero-order valence-electron chi connectivity index (χ0n) is 10.3. The van der Waals surface area contributed by atoms with E-state index in [1.54, 1.807) is 24.5 Å². The van der Waals surface area contributed by atoms with Crippen LogP contribution in [0.25, 0.3) is 22.3 Å². The highest BCUT2D eigenvalue weighted by Crippen LogP contribution is 2.25. The maximum Gasteiger partial charge on any atom is 0.116 e. The van der Waals surface area contributed by atoms with Crippen molar-refractivity contribution in [3.05, 3.63) is 42.4 Å². The predicted octanol–water partition coefficient (Wildman–Crippen LogP) is 1.83. The zero-order chi connectivity index (χ0) is 13.2. The molecular weight excluding hydrogens is 240 g/mol. The number of aromatic amines is 1. The van der Waals surface area contributed by atoms with E-state index in [2.05, 4.69) is 15.0 Å². The van der Waals surface area contributed by atoms with E-state index in [4.69, 9.17) is 5.73 Å². The molecule has 0 saturated heterocycles. The molecule has 0 fully saturated rings. The number of hydrogen-bond donors (Lipinski definition) is 3. The number of H-pyrrole nitrogens is 1. The maximum absolute atomic E-state index is 9.45. The Morgan fingerprint density at radius 2 is 2.05 bits per heavy atom. The lowest BCUT2D eigenvalue weighted by Crippen LogP contribution is -2.04. The summed E-state index contributed by atoms with van der Waals surface area (Å²) in [6, 6.07) is 7.15. The Morgan fingerprint density at radius 3 is 2.79 bits per heavy atom. The molecule has 3 aromatic rings. The van der Waals surface area contributed by atoms with Crippen molar-refractivity contribution >= 4 is 10.9 Å². The number of nitrogens with zero attached hydrogens (tertiary/aromatic N) is 2. The molecule has 19 heavy (non-hydrogen) atoms. The molecule has 0 aliphatic carbocycles. The summed E-state index contributed by atoms with van der Waals surface area (Å²) in [7, 11) is 0. The highest BCUT2D eigenvalue weighted by molar-refractivity contribution is 5.86. The van der Waals surface area contributed by atoms with Gasteiger partial charge in [0.2, 0.25) is 0 Å². The minimum absolute atomic E-state index is 0.252. The lowest BCUT2D eigenvalue weighted by molar-refractivity contribution is 0.476. The monoisotopic (exact) mass is 254 g/mol. The van der Waals surface area contributed by atoms with Gasteiger partial charge in [-0.2, -0.15) is 0 Å². The molecule has 5 heteroatoms. The third kappa shape index (κ3) is 2.28. The fourth-order valence-corrected chi connectivity index (χ4v) is 2.03. The Balaban J connectivity index is 1.99. The number of rotatable bonds is 3. The summed E-state index contributed by atoms with van der Waals surface area (Å²) in [6.07, 6.45) is 4.20. The van der Waals surface area contributed by atoms with Crippen molar-refractivity contribution in [2.24, 2.45) is 5.73 Å². The predicted molar refractivity (Wildman–Crippen MR) is 73.7 cm³/mol. The molecule has 1 aromatic carbocycles. The van der Waals surface area contributed by atoms with Crippen LogP contribution in [-0.2, 0) is 6.42 Å². The number of aromatic hydroxyl groups is 1. The molecule has 4 N–H and O–H groups in total. The molecule has 96 valence electrons. The second-order valence-electron chi connectivity index (χ2n) is 4.39. The summed E-state index contributed by atoms with van der Waals surface area (Å²) in [5.74, 6) is 0.252.